The first-order chi connectivity index (χ1) is 8.37. The van der Waals surface area contributed by atoms with Crippen LogP contribution in [0.25, 0.3) is 0 Å². The SMILES string of the molecule is CCC(C)OC1(CNC(C)(C)C)CCCCCC1. The molecule has 0 amide bonds. The molecule has 0 radical (unpaired) electrons. The molecule has 0 heterocycles. The highest BCUT2D eigenvalue weighted by Crippen LogP contribution is 2.32. The number of ether oxygens (including phenoxy) is 1. The molecule has 0 spiro atoms. The van der Waals surface area contributed by atoms with Gasteiger partial charge >= 0.3 is 0 Å². The van der Waals surface area contributed by atoms with E-state index in [9.17, 15) is 0 Å². The van der Waals surface area contributed by atoms with Crippen molar-refractivity contribution >= 4 is 0 Å². The summed E-state index contributed by atoms with van der Waals surface area (Å²) in [4.78, 5) is 0. The van der Waals surface area contributed by atoms with Crippen molar-refractivity contribution in [2.24, 2.45) is 0 Å². The summed E-state index contributed by atoms with van der Waals surface area (Å²) in [5.74, 6) is 0. The Balaban J connectivity index is 2.65. The summed E-state index contributed by atoms with van der Waals surface area (Å²) in [6, 6.07) is 0. The summed E-state index contributed by atoms with van der Waals surface area (Å²) in [7, 11) is 0. The summed E-state index contributed by atoms with van der Waals surface area (Å²) in [5.41, 5.74) is 0.261. The van der Waals surface area contributed by atoms with Crippen molar-refractivity contribution in [1.29, 1.82) is 0 Å². The Morgan fingerprint density at radius 3 is 2.11 bits per heavy atom. The standard InChI is InChI=1S/C16H33NO/c1-6-14(2)18-16(13-17-15(3,4)5)11-9-7-8-10-12-16/h14,17H,6-13H2,1-5H3. The zero-order chi connectivity index (χ0) is 13.6. The monoisotopic (exact) mass is 255 g/mol. The zero-order valence-corrected chi connectivity index (χ0v) is 13.1. The average molecular weight is 255 g/mol. The zero-order valence-electron chi connectivity index (χ0n) is 13.1. The van der Waals surface area contributed by atoms with Crippen molar-refractivity contribution in [1.82, 2.24) is 5.32 Å². The fourth-order valence-electron chi connectivity index (χ4n) is 2.65. The van der Waals surface area contributed by atoms with Crippen LogP contribution in [0.5, 0.6) is 0 Å². The quantitative estimate of drug-likeness (QED) is 0.740. The van der Waals surface area contributed by atoms with Crippen molar-refractivity contribution in [2.75, 3.05) is 6.54 Å². The van der Waals surface area contributed by atoms with Crippen LogP contribution < -0.4 is 5.32 Å². The van der Waals surface area contributed by atoms with Crippen LogP contribution >= 0.6 is 0 Å². The molecule has 1 N–H and O–H groups in total. The molecule has 18 heavy (non-hydrogen) atoms. The molecule has 2 nitrogen and oxygen atoms in total. The van der Waals surface area contributed by atoms with Gasteiger partial charge in [0.05, 0.1) is 11.7 Å². The molecule has 1 rings (SSSR count). The highest BCUT2D eigenvalue weighted by atomic mass is 16.5. The lowest BCUT2D eigenvalue weighted by molar-refractivity contribution is -0.0976. The lowest BCUT2D eigenvalue weighted by atomic mass is 9.92. The largest absolute Gasteiger partial charge is 0.371 e. The van der Waals surface area contributed by atoms with Gasteiger partial charge in [-0.2, -0.15) is 0 Å². The number of hydrogen-bond acceptors (Lipinski definition) is 2. The van der Waals surface area contributed by atoms with Gasteiger partial charge in [0.1, 0.15) is 0 Å². The Morgan fingerprint density at radius 1 is 1.11 bits per heavy atom. The lowest BCUT2D eigenvalue weighted by Crippen LogP contribution is -2.50. The molecule has 0 aromatic heterocycles. The molecule has 1 aliphatic carbocycles. The van der Waals surface area contributed by atoms with Crippen LogP contribution in [0.15, 0.2) is 0 Å². The molecule has 1 unspecified atom stereocenters. The van der Waals surface area contributed by atoms with Gasteiger partial charge in [0.2, 0.25) is 0 Å². The minimum Gasteiger partial charge on any atom is -0.371 e. The number of hydrogen-bond donors (Lipinski definition) is 1. The van der Waals surface area contributed by atoms with Crippen LogP contribution in [-0.4, -0.2) is 23.8 Å². The van der Waals surface area contributed by atoms with Crippen molar-refractivity contribution in [3.05, 3.63) is 0 Å². The normalized spacial score (nSPS) is 22.5. The van der Waals surface area contributed by atoms with Crippen LogP contribution in [-0.2, 0) is 4.74 Å². The van der Waals surface area contributed by atoms with Gasteiger partial charge in [0, 0.05) is 12.1 Å². The predicted molar refractivity (Wildman–Crippen MR) is 79.0 cm³/mol. The lowest BCUT2D eigenvalue weighted by Gasteiger charge is -2.38. The first kappa shape index (κ1) is 16.0. The third-order valence-electron chi connectivity index (χ3n) is 3.98. The summed E-state index contributed by atoms with van der Waals surface area (Å²) in [5, 5.41) is 3.66. The van der Waals surface area contributed by atoms with Crippen LogP contribution in [0.1, 0.15) is 79.6 Å². The van der Waals surface area contributed by atoms with E-state index in [1.165, 1.54) is 38.5 Å². The Bertz CT molecular complexity index is 224. The van der Waals surface area contributed by atoms with Crippen LogP contribution in [0, 0.1) is 0 Å². The number of nitrogens with one attached hydrogen (secondary N) is 1. The van der Waals surface area contributed by atoms with E-state index in [4.69, 9.17) is 4.74 Å². The van der Waals surface area contributed by atoms with E-state index in [1.807, 2.05) is 0 Å². The van der Waals surface area contributed by atoms with Crippen molar-refractivity contribution in [3.63, 3.8) is 0 Å². The van der Waals surface area contributed by atoms with Gasteiger partial charge in [-0.25, -0.2) is 0 Å². The van der Waals surface area contributed by atoms with Gasteiger partial charge in [-0.1, -0.05) is 32.6 Å². The third-order valence-corrected chi connectivity index (χ3v) is 3.98. The third kappa shape index (κ3) is 5.71. The molecule has 108 valence electrons. The maximum Gasteiger partial charge on any atom is 0.0810 e. The second-order valence-electron chi connectivity index (χ2n) is 7.04. The molecule has 0 aliphatic heterocycles. The van der Waals surface area contributed by atoms with Crippen LogP contribution in [0.2, 0.25) is 0 Å². The van der Waals surface area contributed by atoms with Crippen LogP contribution in [0.4, 0.5) is 0 Å². The average Bonchev–Trinajstić information content (AvgIpc) is 2.52. The molecule has 0 aromatic carbocycles. The van der Waals surface area contributed by atoms with Gasteiger partial charge < -0.3 is 10.1 Å². The topological polar surface area (TPSA) is 21.3 Å². The maximum absolute atomic E-state index is 6.44. The van der Waals surface area contributed by atoms with Gasteiger partial charge in [0.15, 0.2) is 0 Å². The van der Waals surface area contributed by atoms with E-state index in [0.717, 1.165) is 13.0 Å². The highest BCUT2D eigenvalue weighted by Gasteiger charge is 2.34. The van der Waals surface area contributed by atoms with E-state index in [1.54, 1.807) is 0 Å². The van der Waals surface area contributed by atoms with E-state index < -0.39 is 0 Å². The molecule has 1 atom stereocenters. The smallest absolute Gasteiger partial charge is 0.0810 e. The van der Waals surface area contributed by atoms with Crippen molar-refractivity contribution < 1.29 is 4.74 Å². The van der Waals surface area contributed by atoms with Crippen molar-refractivity contribution in [2.45, 2.75) is 96.8 Å². The van der Waals surface area contributed by atoms with Gasteiger partial charge in [-0.15, -0.1) is 0 Å². The van der Waals surface area contributed by atoms with E-state index in [2.05, 4.69) is 39.9 Å². The molecular weight excluding hydrogens is 222 g/mol. The van der Waals surface area contributed by atoms with Gasteiger partial charge in [-0.3, -0.25) is 0 Å². The first-order valence-corrected chi connectivity index (χ1v) is 7.80. The summed E-state index contributed by atoms with van der Waals surface area (Å²) < 4.78 is 6.44. The number of rotatable bonds is 5. The second-order valence-corrected chi connectivity index (χ2v) is 7.04. The Morgan fingerprint density at radius 2 is 1.67 bits per heavy atom. The van der Waals surface area contributed by atoms with E-state index in [-0.39, 0.29) is 11.1 Å². The molecule has 0 bridgehead atoms. The Labute approximate surface area is 114 Å². The molecule has 0 aromatic rings. The summed E-state index contributed by atoms with van der Waals surface area (Å²) >= 11 is 0. The molecule has 1 fully saturated rings. The van der Waals surface area contributed by atoms with Gasteiger partial charge in [0.25, 0.3) is 0 Å². The van der Waals surface area contributed by atoms with E-state index in [0.29, 0.717) is 6.10 Å². The Hall–Kier alpha value is -0.0800. The van der Waals surface area contributed by atoms with Gasteiger partial charge in [-0.05, 0) is 47.0 Å². The highest BCUT2D eigenvalue weighted by molar-refractivity contribution is 4.89. The fourth-order valence-corrected chi connectivity index (χ4v) is 2.65. The first-order valence-electron chi connectivity index (χ1n) is 7.80. The Kier molecular flexibility index (Phi) is 6.13. The maximum atomic E-state index is 6.44. The summed E-state index contributed by atoms with van der Waals surface area (Å²) in [6.07, 6.45) is 9.33. The fraction of sp³-hybridized carbons (Fsp3) is 1.00. The van der Waals surface area contributed by atoms with Crippen LogP contribution in [0.3, 0.4) is 0 Å². The van der Waals surface area contributed by atoms with E-state index >= 15 is 0 Å². The molecule has 2 heteroatoms. The molecule has 1 aliphatic rings. The van der Waals surface area contributed by atoms with Crippen molar-refractivity contribution in [3.8, 4) is 0 Å². The molecule has 1 saturated carbocycles. The summed E-state index contributed by atoms with van der Waals surface area (Å²) in [6.45, 7) is 12.1. The predicted octanol–water partition coefficient (Wildman–Crippen LogP) is 4.28. The molecule has 0 saturated heterocycles. The second kappa shape index (κ2) is 6.91. The molecular formula is C16H33NO. The minimum absolute atomic E-state index is 0.0825. The minimum atomic E-state index is 0.0825.